The van der Waals surface area contributed by atoms with Crippen LogP contribution < -0.4 is 68.9 Å². The number of hydrogen-bond donors (Lipinski definition) is 0. The van der Waals surface area contributed by atoms with Gasteiger partial charge in [-0.1, -0.05) is 77.1 Å². The van der Waals surface area contributed by atoms with Crippen LogP contribution >= 0.6 is 7.82 Å². The number of phosphoric acid groups is 1. The van der Waals surface area contributed by atoms with Crippen molar-refractivity contribution in [2.75, 3.05) is 13.2 Å². The molecule has 8 nitrogen and oxygen atoms in total. The Kier molecular flexibility index (Phi) is 34.5. The molecule has 0 aromatic carbocycles. The van der Waals surface area contributed by atoms with Crippen molar-refractivity contribution < 1.29 is 97.1 Å². The Hall–Kier alpha value is -1.59. The molecule has 0 radical (unpaired) electrons. The van der Waals surface area contributed by atoms with Crippen LogP contribution in [0.4, 0.5) is 0 Å². The zero-order chi connectivity index (χ0) is 29.7. The number of esters is 2. The quantitative estimate of drug-likeness (QED) is 0.0402. The Morgan fingerprint density at radius 3 is 1.62 bits per heavy atom. The summed E-state index contributed by atoms with van der Waals surface area (Å²) in [5.41, 5.74) is 0. The van der Waals surface area contributed by atoms with E-state index >= 15 is 0 Å². The van der Waals surface area contributed by atoms with E-state index in [2.05, 4.69) is 82.5 Å². The second kappa shape index (κ2) is 32.3. The summed E-state index contributed by atoms with van der Waals surface area (Å²) in [6.45, 7) is 2.52. The molecule has 0 aromatic rings. The molecule has 0 bridgehead atoms. The van der Waals surface area contributed by atoms with E-state index in [0.29, 0.717) is 6.42 Å². The van der Waals surface area contributed by atoms with Crippen molar-refractivity contribution >= 4 is 19.8 Å². The Labute approximate surface area is 295 Å². The summed E-state index contributed by atoms with van der Waals surface area (Å²) in [6, 6.07) is 0. The molecule has 0 fully saturated rings. The Balaban J connectivity index is -0.00000760. The van der Waals surface area contributed by atoms with E-state index in [0.717, 1.165) is 19.3 Å². The van der Waals surface area contributed by atoms with E-state index in [9.17, 15) is 23.9 Å². The van der Waals surface area contributed by atoms with Gasteiger partial charge in [-0.25, -0.2) is 4.79 Å². The number of rotatable bonds is 18. The van der Waals surface area contributed by atoms with Crippen molar-refractivity contribution in [2.24, 2.45) is 0 Å². The van der Waals surface area contributed by atoms with Crippen molar-refractivity contribution in [3.8, 4) is 71.0 Å². The van der Waals surface area contributed by atoms with Gasteiger partial charge in [-0.3, -0.25) is 4.79 Å². The second-order valence-electron chi connectivity index (χ2n) is 8.36. The smallest absolute Gasteiger partial charge is 0.790 e. The van der Waals surface area contributed by atoms with Crippen LogP contribution in [0.15, 0.2) is 0 Å². The van der Waals surface area contributed by atoms with Gasteiger partial charge in [-0.15, -0.1) is 0 Å². The number of phosphoric ester groups is 1. The summed E-state index contributed by atoms with van der Waals surface area (Å²) in [5, 5.41) is 0. The first kappa shape index (κ1) is 44.8. The van der Waals surface area contributed by atoms with Crippen LogP contribution in [0.2, 0.25) is 0 Å². The third-order valence-electron chi connectivity index (χ3n) is 4.95. The van der Waals surface area contributed by atoms with Gasteiger partial charge in [-0.05, 0) is 72.5 Å². The molecule has 0 spiro atoms. The molecule has 0 aliphatic rings. The zero-order valence-electron chi connectivity index (χ0n) is 25.2. The number of carbonyl (C=O) groups is 2. The fraction of sp³-hybridized carbons (Fsp3) is 0.548. The summed E-state index contributed by atoms with van der Waals surface area (Å²) in [7, 11) is -5.31. The van der Waals surface area contributed by atoms with Gasteiger partial charge in [0.2, 0.25) is 0 Å². The van der Waals surface area contributed by atoms with Gasteiger partial charge < -0.3 is 28.3 Å². The minimum Gasteiger partial charge on any atom is -0.790 e. The van der Waals surface area contributed by atoms with Crippen LogP contribution in [-0.2, 0) is 28.2 Å². The van der Waals surface area contributed by atoms with Gasteiger partial charge in [0, 0.05) is 12.3 Å². The average molecular weight is 613 g/mol. The minimum absolute atomic E-state index is 0. The maximum atomic E-state index is 12.1. The molecule has 214 valence electrons. The SMILES string of the molecule is CC#CC#CC#CC#CC#CC#CC(=O)OC[C@@H](COP(=O)([O-])[O-])OC(=O)CCCCCCCCCCCCC.[Na+].[Na+]. The molecule has 0 saturated carbocycles. The van der Waals surface area contributed by atoms with E-state index in [-0.39, 0.29) is 65.5 Å². The van der Waals surface area contributed by atoms with E-state index in [1.54, 1.807) is 6.92 Å². The molecule has 1 atom stereocenters. The van der Waals surface area contributed by atoms with Crippen molar-refractivity contribution in [1.82, 2.24) is 0 Å². The van der Waals surface area contributed by atoms with Crippen LogP contribution in [0.25, 0.3) is 0 Å². The largest absolute Gasteiger partial charge is 1.00 e. The number of unbranched alkanes of at least 4 members (excludes halogenated alkanes) is 10. The average Bonchev–Trinajstić information content (AvgIpc) is 2.91. The van der Waals surface area contributed by atoms with Gasteiger partial charge >= 0.3 is 71.1 Å². The summed E-state index contributed by atoms with van der Waals surface area (Å²) < 4.78 is 25.0. The molecule has 0 N–H and O–H groups in total. The van der Waals surface area contributed by atoms with Crippen molar-refractivity contribution in [3.63, 3.8) is 0 Å². The van der Waals surface area contributed by atoms with Crippen molar-refractivity contribution in [1.29, 1.82) is 0 Å². The van der Waals surface area contributed by atoms with Gasteiger partial charge in [0.15, 0.2) is 6.10 Å². The summed E-state index contributed by atoms with van der Waals surface area (Å²) in [4.78, 5) is 45.5. The van der Waals surface area contributed by atoms with Crippen LogP contribution in [0.5, 0.6) is 0 Å². The van der Waals surface area contributed by atoms with E-state index in [1.165, 1.54) is 44.9 Å². The molecular weight excluding hydrogens is 577 g/mol. The Bertz CT molecular complexity index is 1210. The number of ether oxygens (including phenoxy) is 2. The standard InChI is InChI=1S/C31H37O8P.2Na/c1-3-5-7-9-11-13-15-17-19-21-23-25-30(32)37-27-29(28-38-40(34,35)36)39-31(33)26-24-22-20-18-16-14-12-10-8-6-4-2;;/h29H,4,6,8,10,12,14,16,18,20,22,24,26-28H2,1-2H3,(H2,34,35,36);;/q;2*+1/p-2/t29-;;/m0../s1. The first-order valence-electron chi connectivity index (χ1n) is 13.2. The molecular formula is C31H35Na2O8P. The van der Waals surface area contributed by atoms with Gasteiger partial charge in [0.1, 0.15) is 6.61 Å². The van der Waals surface area contributed by atoms with Crippen LogP contribution in [-0.4, -0.2) is 31.3 Å². The van der Waals surface area contributed by atoms with Gasteiger partial charge in [0.25, 0.3) is 0 Å². The maximum Gasteiger partial charge on any atom is 1.00 e. The molecule has 0 amide bonds. The maximum absolute atomic E-state index is 12.1. The Morgan fingerprint density at radius 1 is 0.690 bits per heavy atom. The van der Waals surface area contributed by atoms with Crippen LogP contribution in [0, 0.1) is 71.0 Å². The molecule has 0 rings (SSSR count). The normalized spacial score (nSPS) is 9.52. The molecule has 0 saturated heterocycles. The van der Waals surface area contributed by atoms with E-state index < -0.39 is 39.1 Å². The number of carbonyl (C=O) groups excluding carboxylic acids is 2. The predicted molar refractivity (Wildman–Crippen MR) is 148 cm³/mol. The van der Waals surface area contributed by atoms with Gasteiger partial charge in [-0.2, -0.15) is 0 Å². The molecule has 0 unspecified atom stereocenters. The molecule has 0 heterocycles. The second-order valence-corrected chi connectivity index (χ2v) is 9.52. The predicted octanol–water partition coefficient (Wildman–Crippen LogP) is -2.96. The summed E-state index contributed by atoms with van der Waals surface area (Å²) in [6.07, 6.45) is 11.2. The van der Waals surface area contributed by atoms with Crippen molar-refractivity contribution in [3.05, 3.63) is 0 Å². The van der Waals surface area contributed by atoms with Gasteiger partial charge in [0.05, 0.1) is 14.4 Å². The number of hydrogen-bond acceptors (Lipinski definition) is 8. The van der Waals surface area contributed by atoms with Crippen molar-refractivity contribution in [2.45, 2.75) is 97.0 Å². The fourth-order valence-corrected chi connectivity index (χ4v) is 3.42. The third kappa shape index (κ3) is 34.6. The molecule has 0 aromatic heterocycles. The first-order valence-corrected chi connectivity index (χ1v) is 14.7. The summed E-state index contributed by atoms with van der Waals surface area (Å²) >= 11 is 0. The molecule has 42 heavy (non-hydrogen) atoms. The molecule has 0 aliphatic heterocycles. The minimum atomic E-state index is -5.31. The fourth-order valence-electron chi connectivity index (χ4n) is 3.07. The van der Waals surface area contributed by atoms with E-state index in [4.69, 9.17) is 9.47 Å². The monoisotopic (exact) mass is 612 g/mol. The topological polar surface area (TPSA) is 125 Å². The zero-order valence-corrected chi connectivity index (χ0v) is 30.1. The molecule has 11 heteroatoms. The van der Waals surface area contributed by atoms with Crippen LogP contribution in [0.3, 0.4) is 0 Å². The van der Waals surface area contributed by atoms with Crippen LogP contribution in [0.1, 0.15) is 90.9 Å². The molecule has 0 aliphatic carbocycles. The summed E-state index contributed by atoms with van der Waals surface area (Å²) in [5.74, 6) is 27.1. The first-order chi connectivity index (χ1) is 19.3. The van der Waals surface area contributed by atoms with E-state index in [1.807, 2.05) is 0 Å². The Morgan fingerprint density at radius 2 is 1.14 bits per heavy atom. The third-order valence-corrected chi connectivity index (χ3v) is 5.42.